The van der Waals surface area contributed by atoms with Crippen molar-refractivity contribution in [3.8, 4) is 0 Å². The lowest BCUT2D eigenvalue weighted by Gasteiger charge is -2.34. The third-order valence-electron chi connectivity index (χ3n) is 2.29. The highest BCUT2D eigenvalue weighted by Crippen LogP contribution is 2.51. The fourth-order valence-corrected chi connectivity index (χ4v) is 5.62. The third-order valence-corrected chi connectivity index (χ3v) is 9.38. The first kappa shape index (κ1) is 15.4. The molecule has 2 unspecified atom stereocenters. The molecule has 0 N–H and O–H groups in total. The average molecular weight is 271 g/mol. The van der Waals surface area contributed by atoms with Crippen LogP contribution in [0.4, 0.5) is 0 Å². The van der Waals surface area contributed by atoms with Crippen molar-refractivity contribution in [3.05, 3.63) is 0 Å². The molecule has 2 aliphatic rings. The van der Waals surface area contributed by atoms with Crippen LogP contribution in [0.2, 0.25) is 0 Å². The van der Waals surface area contributed by atoms with Crippen molar-refractivity contribution in [2.75, 3.05) is 11.5 Å². The van der Waals surface area contributed by atoms with E-state index in [4.69, 9.17) is 0 Å². The highest BCUT2D eigenvalue weighted by atomic mass is 33.1. The van der Waals surface area contributed by atoms with E-state index in [9.17, 15) is 0 Å². The molecule has 2 atom stereocenters. The fraction of sp³-hybridized carbons (Fsp3) is 1.00. The van der Waals surface area contributed by atoms with Crippen LogP contribution in [0.5, 0.6) is 0 Å². The highest BCUT2D eigenvalue weighted by molar-refractivity contribution is 8.80. The van der Waals surface area contributed by atoms with Crippen molar-refractivity contribution >= 4 is 43.2 Å². The Morgan fingerprint density at radius 2 is 1.86 bits per heavy atom. The van der Waals surface area contributed by atoms with Gasteiger partial charge in [-0.2, -0.15) is 0 Å². The van der Waals surface area contributed by atoms with Crippen molar-refractivity contribution in [1.82, 2.24) is 0 Å². The molecule has 4 heteroatoms. The van der Waals surface area contributed by atoms with Gasteiger partial charge in [0.15, 0.2) is 0 Å². The van der Waals surface area contributed by atoms with Gasteiger partial charge >= 0.3 is 0 Å². The zero-order chi connectivity index (χ0) is 9.73. The number of hydrogen-bond acceptors (Lipinski definition) is 4. The predicted molar refractivity (Wildman–Crippen MR) is 79.6 cm³/mol. The van der Waals surface area contributed by atoms with Crippen molar-refractivity contribution in [3.63, 3.8) is 0 Å². The molecular formula is C10H22S4. The minimum atomic E-state index is 0. The maximum atomic E-state index is 2.33. The van der Waals surface area contributed by atoms with E-state index < -0.39 is 0 Å². The molecule has 2 fully saturated rings. The first-order chi connectivity index (χ1) is 6.20. The summed E-state index contributed by atoms with van der Waals surface area (Å²) < 4.78 is 0.644. The fourth-order valence-electron chi connectivity index (χ4n) is 0.771. The Bertz CT molecular complexity index is 133. The molecule has 2 heterocycles. The van der Waals surface area contributed by atoms with Gasteiger partial charge in [-0.05, 0) is 19.8 Å². The molecule has 0 aromatic rings. The Kier molecular flexibility index (Phi) is 8.40. The van der Waals surface area contributed by atoms with Crippen LogP contribution in [-0.4, -0.2) is 21.5 Å². The van der Waals surface area contributed by atoms with E-state index in [1.54, 1.807) is 0 Å². The second-order valence-corrected chi connectivity index (χ2v) is 9.16. The summed E-state index contributed by atoms with van der Waals surface area (Å²) in [6.07, 6.45) is 2.68. The zero-order valence-corrected chi connectivity index (χ0v) is 11.8. The molecule has 2 aliphatic heterocycles. The van der Waals surface area contributed by atoms with Gasteiger partial charge in [0.2, 0.25) is 0 Å². The molecule has 0 nitrogen and oxygen atoms in total. The third kappa shape index (κ3) is 4.95. The molecule has 0 aliphatic carbocycles. The first-order valence-corrected chi connectivity index (χ1v) is 9.49. The average Bonchev–Trinajstić information content (AvgIpc) is 1.99. The van der Waals surface area contributed by atoms with Gasteiger partial charge in [-0.15, -0.1) is 0 Å². The van der Waals surface area contributed by atoms with Crippen LogP contribution in [0.1, 0.15) is 41.0 Å². The highest BCUT2D eigenvalue weighted by Gasteiger charge is 2.31. The largest absolute Gasteiger partial charge is 0.0927 e. The van der Waals surface area contributed by atoms with Gasteiger partial charge in [0.05, 0.1) is 0 Å². The second-order valence-electron chi connectivity index (χ2n) is 3.56. The summed E-state index contributed by atoms with van der Waals surface area (Å²) in [4.78, 5) is 0. The lowest BCUT2D eigenvalue weighted by Crippen LogP contribution is -2.27. The van der Waals surface area contributed by atoms with E-state index in [0.717, 1.165) is 5.25 Å². The van der Waals surface area contributed by atoms with Crippen molar-refractivity contribution < 1.29 is 0 Å². The lowest BCUT2D eigenvalue weighted by atomic mass is 10.1. The summed E-state index contributed by atoms with van der Waals surface area (Å²) in [5.74, 6) is 2.75. The van der Waals surface area contributed by atoms with E-state index in [0.29, 0.717) is 4.75 Å². The predicted octanol–water partition coefficient (Wildman–Crippen LogP) is 5.35. The standard InChI is InChI=1S/C5H10S2.C4H8S2.CH4/c1-3-5(2)4-6-7-5;1-2-4-3-5-6-4;/h3-4H2,1-2H3;4H,2-3H2,1H3;1H4. The van der Waals surface area contributed by atoms with Gasteiger partial charge in [-0.25, -0.2) is 0 Å². The smallest absolute Gasteiger partial charge is 0.0331 e. The summed E-state index contributed by atoms with van der Waals surface area (Å²) in [6.45, 7) is 6.83. The summed E-state index contributed by atoms with van der Waals surface area (Å²) in [7, 11) is 8.02. The van der Waals surface area contributed by atoms with Crippen LogP contribution in [-0.2, 0) is 0 Å². The summed E-state index contributed by atoms with van der Waals surface area (Å²) >= 11 is 0. The topological polar surface area (TPSA) is 0 Å². The molecule has 0 aromatic heterocycles. The van der Waals surface area contributed by atoms with Gasteiger partial charge < -0.3 is 0 Å². The van der Waals surface area contributed by atoms with Crippen molar-refractivity contribution in [1.29, 1.82) is 0 Å². The SMILES string of the molecule is C.CCC1(C)CSS1.CCC1CSS1. The van der Waals surface area contributed by atoms with E-state index in [-0.39, 0.29) is 7.43 Å². The van der Waals surface area contributed by atoms with Gasteiger partial charge in [-0.3, -0.25) is 0 Å². The molecule has 0 bridgehead atoms. The van der Waals surface area contributed by atoms with E-state index >= 15 is 0 Å². The number of rotatable bonds is 2. The van der Waals surface area contributed by atoms with Crippen molar-refractivity contribution in [2.45, 2.75) is 51.0 Å². The minimum absolute atomic E-state index is 0. The molecule has 0 spiro atoms. The maximum Gasteiger partial charge on any atom is 0.0331 e. The second kappa shape index (κ2) is 7.64. The van der Waals surface area contributed by atoms with E-state index in [1.807, 2.05) is 43.2 Å². The van der Waals surface area contributed by atoms with Gasteiger partial charge in [0.1, 0.15) is 0 Å². The Balaban J connectivity index is 0.000000227. The van der Waals surface area contributed by atoms with Gasteiger partial charge in [0, 0.05) is 21.5 Å². The molecule has 2 saturated heterocycles. The number of hydrogen-bond donors (Lipinski definition) is 0. The van der Waals surface area contributed by atoms with E-state index in [1.165, 1.54) is 24.3 Å². The molecule has 0 radical (unpaired) electrons. The summed E-state index contributed by atoms with van der Waals surface area (Å²) in [5, 5.41) is 0.995. The molecule has 2 rings (SSSR count). The summed E-state index contributed by atoms with van der Waals surface area (Å²) in [5.41, 5.74) is 0. The first-order valence-electron chi connectivity index (χ1n) is 4.79. The van der Waals surface area contributed by atoms with Crippen LogP contribution in [0.25, 0.3) is 0 Å². The Morgan fingerprint density at radius 1 is 1.29 bits per heavy atom. The minimum Gasteiger partial charge on any atom is -0.0927 e. The molecule has 14 heavy (non-hydrogen) atoms. The Morgan fingerprint density at radius 3 is 1.86 bits per heavy atom. The Hall–Kier alpha value is 1.40. The van der Waals surface area contributed by atoms with E-state index in [2.05, 4.69) is 20.8 Å². The molecular weight excluding hydrogens is 248 g/mol. The quantitative estimate of drug-likeness (QED) is 0.620. The molecule has 0 amide bonds. The maximum absolute atomic E-state index is 2.33. The van der Waals surface area contributed by atoms with Crippen LogP contribution in [0.15, 0.2) is 0 Å². The Labute approximate surface area is 105 Å². The van der Waals surface area contributed by atoms with Gasteiger partial charge in [-0.1, -0.05) is 64.4 Å². The van der Waals surface area contributed by atoms with Gasteiger partial charge in [0.25, 0.3) is 0 Å². The zero-order valence-electron chi connectivity index (χ0n) is 8.54. The molecule has 86 valence electrons. The van der Waals surface area contributed by atoms with Crippen LogP contribution >= 0.6 is 43.2 Å². The normalized spacial score (nSPS) is 34.1. The monoisotopic (exact) mass is 270 g/mol. The lowest BCUT2D eigenvalue weighted by molar-refractivity contribution is 0.693. The molecule has 0 saturated carbocycles. The van der Waals surface area contributed by atoms with Crippen LogP contribution < -0.4 is 0 Å². The summed E-state index contributed by atoms with van der Waals surface area (Å²) in [6, 6.07) is 0. The van der Waals surface area contributed by atoms with Crippen LogP contribution in [0, 0.1) is 0 Å². The van der Waals surface area contributed by atoms with Crippen LogP contribution in [0.3, 0.4) is 0 Å². The molecule has 0 aromatic carbocycles. The van der Waals surface area contributed by atoms with Crippen molar-refractivity contribution in [2.24, 2.45) is 0 Å².